The Morgan fingerprint density at radius 1 is 1.26 bits per heavy atom. The van der Waals surface area contributed by atoms with Crippen molar-refractivity contribution in [1.29, 1.82) is 0 Å². The van der Waals surface area contributed by atoms with Gasteiger partial charge in [-0.2, -0.15) is 0 Å². The minimum Gasteiger partial charge on any atom is -0.391 e. The molecule has 1 aliphatic heterocycles. The van der Waals surface area contributed by atoms with Crippen LogP contribution in [0.1, 0.15) is 35.2 Å². The molecule has 5 heteroatoms. The predicted octanol–water partition coefficient (Wildman–Crippen LogP) is 3.43. The van der Waals surface area contributed by atoms with Crippen LogP contribution in [0.15, 0.2) is 36.5 Å². The molecule has 142 valence electrons. The van der Waals surface area contributed by atoms with E-state index < -0.39 is 0 Å². The maximum absolute atomic E-state index is 9.99. The molecule has 0 unspecified atom stereocenters. The number of aromatic amines is 1. The fraction of sp³-hybridized carbons (Fsp3) is 0.409. The average molecular weight is 364 g/mol. The quantitative estimate of drug-likeness (QED) is 0.649. The van der Waals surface area contributed by atoms with Crippen LogP contribution in [0.25, 0.3) is 10.9 Å². The number of aliphatic hydroxyl groups excluding tert-OH is 1. The number of benzene rings is 1. The number of nitrogens with zero attached hydrogens (tertiary/aromatic N) is 2. The predicted molar refractivity (Wildman–Crippen MR) is 110 cm³/mol. The molecule has 0 amide bonds. The molecule has 0 aliphatic carbocycles. The molecule has 27 heavy (non-hydrogen) atoms. The highest BCUT2D eigenvalue weighted by molar-refractivity contribution is 5.85. The van der Waals surface area contributed by atoms with Crippen LogP contribution < -0.4 is 10.2 Å². The summed E-state index contributed by atoms with van der Waals surface area (Å²) in [6, 6.07) is 10.6. The number of fused-ring (bicyclic) bond motifs is 1. The highest BCUT2D eigenvalue weighted by Crippen LogP contribution is 2.24. The number of hydrogen-bond acceptors (Lipinski definition) is 4. The van der Waals surface area contributed by atoms with Crippen molar-refractivity contribution in [1.82, 2.24) is 15.3 Å². The molecule has 0 saturated carbocycles. The number of pyridine rings is 1. The summed E-state index contributed by atoms with van der Waals surface area (Å²) in [6.45, 7) is 7.48. The second kappa shape index (κ2) is 7.71. The maximum Gasteiger partial charge on any atom is 0.133 e. The van der Waals surface area contributed by atoms with Gasteiger partial charge < -0.3 is 20.3 Å². The zero-order chi connectivity index (χ0) is 18.8. The van der Waals surface area contributed by atoms with Gasteiger partial charge in [0.15, 0.2) is 0 Å². The van der Waals surface area contributed by atoms with E-state index in [0.29, 0.717) is 6.54 Å². The summed E-state index contributed by atoms with van der Waals surface area (Å²) in [4.78, 5) is 10.3. The first-order valence-corrected chi connectivity index (χ1v) is 9.77. The molecule has 3 aromatic rings. The van der Waals surface area contributed by atoms with E-state index in [9.17, 15) is 5.11 Å². The van der Waals surface area contributed by atoms with Gasteiger partial charge in [-0.25, -0.2) is 4.98 Å². The molecule has 5 nitrogen and oxygen atoms in total. The molecule has 4 rings (SSSR count). The molecule has 0 spiro atoms. The Balaban J connectivity index is 1.46. The van der Waals surface area contributed by atoms with Gasteiger partial charge in [0.2, 0.25) is 0 Å². The zero-order valence-corrected chi connectivity index (χ0v) is 16.1. The highest BCUT2D eigenvalue weighted by atomic mass is 16.3. The second-order valence-corrected chi connectivity index (χ2v) is 7.61. The Bertz CT molecular complexity index is 933. The zero-order valence-electron chi connectivity index (χ0n) is 16.1. The first-order valence-electron chi connectivity index (χ1n) is 9.77. The van der Waals surface area contributed by atoms with Gasteiger partial charge in [0.25, 0.3) is 0 Å². The standard InChI is InChI=1S/C22H28N4O/c1-15-7-8-20-19(11-15)16(2)21(25-20)13-23-12-17-5-3-9-24-22(17)26-10-4-6-18(27)14-26/h3,5,7-9,11,18,23,25,27H,4,6,10,12-14H2,1-2H3/t18-/m1/s1. The van der Waals surface area contributed by atoms with Crippen LogP contribution in [0.4, 0.5) is 5.82 Å². The van der Waals surface area contributed by atoms with Crippen molar-refractivity contribution in [3.8, 4) is 0 Å². The van der Waals surface area contributed by atoms with E-state index in [1.807, 2.05) is 12.3 Å². The Labute approximate surface area is 160 Å². The summed E-state index contributed by atoms with van der Waals surface area (Å²) in [5.41, 5.74) is 6.20. The fourth-order valence-electron chi connectivity index (χ4n) is 4.00. The number of H-pyrrole nitrogens is 1. The van der Waals surface area contributed by atoms with Gasteiger partial charge in [-0.05, 0) is 50.5 Å². The molecule has 1 aliphatic rings. The third kappa shape index (κ3) is 3.84. The summed E-state index contributed by atoms with van der Waals surface area (Å²) >= 11 is 0. The molecule has 1 fully saturated rings. The Morgan fingerprint density at radius 3 is 3.00 bits per heavy atom. The Hall–Kier alpha value is -2.37. The largest absolute Gasteiger partial charge is 0.391 e. The maximum atomic E-state index is 9.99. The van der Waals surface area contributed by atoms with Crippen molar-refractivity contribution in [3.63, 3.8) is 0 Å². The number of hydrogen-bond donors (Lipinski definition) is 3. The van der Waals surface area contributed by atoms with Gasteiger partial charge in [-0.3, -0.25) is 0 Å². The third-order valence-electron chi connectivity index (χ3n) is 5.50. The molecule has 1 atom stereocenters. The molecule has 0 bridgehead atoms. The van der Waals surface area contributed by atoms with Crippen LogP contribution in [0.5, 0.6) is 0 Å². The summed E-state index contributed by atoms with van der Waals surface area (Å²) in [6.07, 6.45) is 3.48. The Kier molecular flexibility index (Phi) is 5.14. The molecule has 2 aromatic heterocycles. The molecular formula is C22H28N4O. The number of aryl methyl sites for hydroxylation is 2. The summed E-state index contributed by atoms with van der Waals surface area (Å²) < 4.78 is 0. The molecule has 1 saturated heterocycles. The van der Waals surface area contributed by atoms with E-state index in [0.717, 1.165) is 38.3 Å². The van der Waals surface area contributed by atoms with Crippen LogP contribution in [0.2, 0.25) is 0 Å². The van der Waals surface area contributed by atoms with Gasteiger partial charge in [0.05, 0.1) is 6.10 Å². The summed E-state index contributed by atoms with van der Waals surface area (Å²) in [7, 11) is 0. The molecular weight excluding hydrogens is 336 g/mol. The van der Waals surface area contributed by atoms with Crippen LogP contribution >= 0.6 is 0 Å². The number of rotatable bonds is 5. The van der Waals surface area contributed by atoms with Crippen molar-refractivity contribution in [2.75, 3.05) is 18.0 Å². The SMILES string of the molecule is Cc1ccc2[nH]c(CNCc3cccnc3N3CCC[C@@H](O)C3)c(C)c2c1. The molecule has 1 aromatic carbocycles. The van der Waals surface area contributed by atoms with Crippen molar-refractivity contribution >= 4 is 16.7 Å². The minimum absolute atomic E-state index is 0.251. The number of aromatic nitrogens is 2. The molecule has 3 N–H and O–H groups in total. The summed E-state index contributed by atoms with van der Waals surface area (Å²) in [5, 5.41) is 14.9. The average Bonchev–Trinajstić information content (AvgIpc) is 2.98. The lowest BCUT2D eigenvalue weighted by atomic mass is 10.1. The number of anilines is 1. The van der Waals surface area contributed by atoms with Gasteiger partial charge >= 0.3 is 0 Å². The third-order valence-corrected chi connectivity index (χ3v) is 5.50. The molecule has 0 radical (unpaired) electrons. The van der Waals surface area contributed by atoms with Gasteiger partial charge in [-0.15, -0.1) is 0 Å². The van der Waals surface area contributed by atoms with Crippen LogP contribution in [-0.2, 0) is 13.1 Å². The lowest BCUT2D eigenvalue weighted by molar-refractivity contribution is 0.154. The van der Waals surface area contributed by atoms with Crippen LogP contribution in [0.3, 0.4) is 0 Å². The van der Waals surface area contributed by atoms with Gasteiger partial charge in [0.1, 0.15) is 5.82 Å². The van der Waals surface area contributed by atoms with E-state index in [4.69, 9.17) is 0 Å². The van der Waals surface area contributed by atoms with Gasteiger partial charge in [-0.1, -0.05) is 17.7 Å². The lowest BCUT2D eigenvalue weighted by Gasteiger charge is -2.32. The lowest BCUT2D eigenvalue weighted by Crippen LogP contribution is -2.39. The number of β-amino-alcohol motifs (C(OH)–C–C–N with tert-alkyl or cyclic N) is 1. The minimum atomic E-state index is -0.251. The number of piperidine rings is 1. The fourth-order valence-corrected chi connectivity index (χ4v) is 4.00. The molecule has 3 heterocycles. The normalized spacial score (nSPS) is 17.6. The summed E-state index contributed by atoms with van der Waals surface area (Å²) in [5.74, 6) is 0.993. The van der Waals surface area contributed by atoms with Gasteiger partial charge in [0, 0.05) is 54.5 Å². The van der Waals surface area contributed by atoms with Crippen molar-refractivity contribution in [3.05, 3.63) is 58.9 Å². The van der Waals surface area contributed by atoms with E-state index in [1.165, 1.54) is 33.3 Å². The topological polar surface area (TPSA) is 64.2 Å². The monoisotopic (exact) mass is 364 g/mol. The van der Waals surface area contributed by atoms with Crippen molar-refractivity contribution < 1.29 is 5.11 Å². The Morgan fingerprint density at radius 2 is 2.15 bits per heavy atom. The van der Waals surface area contributed by atoms with E-state index in [2.05, 4.69) is 58.3 Å². The first kappa shape index (κ1) is 18.0. The van der Waals surface area contributed by atoms with Crippen LogP contribution in [-0.4, -0.2) is 34.3 Å². The van der Waals surface area contributed by atoms with Crippen molar-refractivity contribution in [2.45, 2.75) is 45.9 Å². The first-order chi connectivity index (χ1) is 13.1. The number of nitrogens with one attached hydrogen (secondary N) is 2. The highest BCUT2D eigenvalue weighted by Gasteiger charge is 2.20. The number of aliphatic hydroxyl groups is 1. The van der Waals surface area contributed by atoms with E-state index in [1.54, 1.807) is 0 Å². The smallest absolute Gasteiger partial charge is 0.133 e. The van der Waals surface area contributed by atoms with E-state index >= 15 is 0 Å². The van der Waals surface area contributed by atoms with Crippen molar-refractivity contribution in [2.24, 2.45) is 0 Å². The van der Waals surface area contributed by atoms with E-state index in [-0.39, 0.29) is 6.10 Å². The second-order valence-electron chi connectivity index (χ2n) is 7.61. The van der Waals surface area contributed by atoms with Crippen LogP contribution in [0, 0.1) is 13.8 Å².